The quantitative estimate of drug-likeness (QED) is 0.763. The molecule has 0 spiro atoms. The Morgan fingerprint density at radius 3 is 2.62 bits per heavy atom. The lowest BCUT2D eigenvalue weighted by Gasteiger charge is -2.07. The Labute approximate surface area is 137 Å². The summed E-state index contributed by atoms with van der Waals surface area (Å²) in [7, 11) is 0. The number of pyridine rings is 1. The summed E-state index contributed by atoms with van der Waals surface area (Å²) >= 11 is 0. The zero-order valence-electron chi connectivity index (χ0n) is 12.5. The van der Waals surface area contributed by atoms with Crippen molar-refractivity contribution in [3.05, 3.63) is 72.4 Å². The summed E-state index contributed by atoms with van der Waals surface area (Å²) in [6, 6.07) is 9.96. The highest BCUT2D eigenvalue weighted by Crippen LogP contribution is 2.15. The second-order valence-corrected chi connectivity index (χ2v) is 4.93. The monoisotopic (exact) mass is 319 g/mol. The maximum atomic E-state index is 12.3. The molecule has 0 bridgehead atoms. The molecule has 0 fully saturated rings. The average molecular weight is 319 g/mol. The van der Waals surface area contributed by atoms with Crippen LogP contribution in [-0.4, -0.2) is 26.8 Å². The minimum absolute atomic E-state index is 0.154. The molecular formula is C17H13N5O2. The van der Waals surface area contributed by atoms with Crippen molar-refractivity contribution >= 4 is 17.5 Å². The molecule has 3 aromatic rings. The SMILES string of the molecule is NC(=O)c1cccc(NC(=O)c2cncc(-c3cccnc3)n2)c1. The fourth-order valence-corrected chi connectivity index (χ4v) is 2.07. The van der Waals surface area contributed by atoms with E-state index < -0.39 is 11.8 Å². The number of aromatic nitrogens is 3. The first-order chi connectivity index (χ1) is 11.6. The molecule has 7 heteroatoms. The van der Waals surface area contributed by atoms with Gasteiger partial charge in [0.2, 0.25) is 5.91 Å². The maximum Gasteiger partial charge on any atom is 0.275 e. The van der Waals surface area contributed by atoms with Crippen LogP contribution in [0.5, 0.6) is 0 Å². The number of anilines is 1. The molecule has 3 N–H and O–H groups in total. The molecule has 2 amide bonds. The van der Waals surface area contributed by atoms with Gasteiger partial charge in [0.15, 0.2) is 0 Å². The summed E-state index contributed by atoms with van der Waals surface area (Å²) in [6.07, 6.45) is 6.22. The van der Waals surface area contributed by atoms with Gasteiger partial charge in [-0.15, -0.1) is 0 Å². The van der Waals surface area contributed by atoms with Gasteiger partial charge in [0.1, 0.15) is 5.69 Å². The molecule has 0 saturated heterocycles. The van der Waals surface area contributed by atoms with E-state index in [0.29, 0.717) is 16.9 Å². The molecule has 0 aliphatic heterocycles. The van der Waals surface area contributed by atoms with Gasteiger partial charge < -0.3 is 11.1 Å². The Morgan fingerprint density at radius 2 is 1.88 bits per heavy atom. The minimum Gasteiger partial charge on any atom is -0.366 e. The van der Waals surface area contributed by atoms with Gasteiger partial charge in [-0.1, -0.05) is 6.07 Å². The maximum absolute atomic E-state index is 12.3. The number of nitrogens with two attached hydrogens (primary N) is 1. The second kappa shape index (κ2) is 6.66. The van der Waals surface area contributed by atoms with E-state index in [1.165, 1.54) is 12.3 Å². The lowest BCUT2D eigenvalue weighted by molar-refractivity contribution is 0.0995. The van der Waals surface area contributed by atoms with Crippen LogP contribution >= 0.6 is 0 Å². The van der Waals surface area contributed by atoms with Crippen molar-refractivity contribution in [1.82, 2.24) is 15.0 Å². The smallest absolute Gasteiger partial charge is 0.275 e. The van der Waals surface area contributed by atoms with E-state index in [0.717, 1.165) is 5.56 Å². The fourth-order valence-electron chi connectivity index (χ4n) is 2.07. The van der Waals surface area contributed by atoms with Crippen molar-refractivity contribution < 1.29 is 9.59 Å². The summed E-state index contributed by atoms with van der Waals surface area (Å²) in [6.45, 7) is 0. The highest BCUT2D eigenvalue weighted by molar-refractivity contribution is 6.03. The number of carbonyl (C=O) groups is 2. The van der Waals surface area contributed by atoms with Crippen LogP contribution in [-0.2, 0) is 0 Å². The first-order valence-electron chi connectivity index (χ1n) is 7.07. The molecule has 0 aliphatic carbocycles. The average Bonchev–Trinajstić information content (AvgIpc) is 2.63. The van der Waals surface area contributed by atoms with Crippen molar-refractivity contribution in [2.75, 3.05) is 5.32 Å². The van der Waals surface area contributed by atoms with Crippen LogP contribution in [0.4, 0.5) is 5.69 Å². The number of primary amides is 1. The van der Waals surface area contributed by atoms with Crippen LogP contribution in [0.3, 0.4) is 0 Å². The van der Waals surface area contributed by atoms with E-state index >= 15 is 0 Å². The Kier molecular flexibility index (Phi) is 4.24. The van der Waals surface area contributed by atoms with Crippen LogP contribution in [0.25, 0.3) is 11.3 Å². The molecular weight excluding hydrogens is 306 g/mol. The first-order valence-corrected chi connectivity index (χ1v) is 7.07. The molecule has 0 saturated carbocycles. The van der Waals surface area contributed by atoms with Crippen molar-refractivity contribution in [3.63, 3.8) is 0 Å². The van der Waals surface area contributed by atoms with E-state index in [1.807, 2.05) is 6.07 Å². The molecule has 24 heavy (non-hydrogen) atoms. The molecule has 0 radical (unpaired) electrons. The Bertz CT molecular complexity index is 896. The standard InChI is InChI=1S/C17H13N5O2/c18-16(23)11-3-1-5-13(7-11)21-17(24)15-10-20-9-14(22-15)12-4-2-6-19-8-12/h1-10H,(H2,18,23)(H,21,24). The summed E-state index contributed by atoms with van der Waals surface area (Å²) < 4.78 is 0. The molecule has 3 rings (SSSR count). The molecule has 2 heterocycles. The minimum atomic E-state index is -0.565. The summed E-state index contributed by atoms with van der Waals surface area (Å²) in [4.78, 5) is 35.9. The highest BCUT2D eigenvalue weighted by Gasteiger charge is 2.11. The molecule has 0 atom stereocenters. The largest absolute Gasteiger partial charge is 0.366 e. The molecule has 0 aliphatic rings. The third kappa shape index (κ3) is 3.41. The summed E-state index contributed by atoms with van der Waals surface area (Å²) in [5.74, 6) is -1.00. The Hall–Kier alpha value is -3.61. The van der Waals surface area contributed by atoms with E-state index in [9.17, 15) is 9.59 Å². The highest BCUT2D eigenvalue weighted by atomic mass is 16.2. The summed E-state index contributed by atoms with van der Waals surface area (Å²) in [5.41, 5.74) is 7.44. The van der Waals surface area contributed by atoms with Gasteiger partial charge in [0.05, 0.1) is 18.1 Å². The van der Waals surface area contributed by atoms with Crippen LogP contribution in [0.15, 0.2) is 61.2 Å². The predicted molar refractivity (Wildman–Crippen MR) is 88.2 cm³/mol. The van der Waals surface area contributed by atoms with Crippen LogP contribution < -0.4 is 11.1 Å². The molecule has 118 valence electrons. The number of hydrogen-bond acceptors (Lipinski definition) is 5. The number of nitrogens with one attached hydrogen (secondary N) is 1. The zero-order chi connectivity index (χ0) is 16.9. The van der Waals surface area contributed by atoms with Gasteiger partial charge >= 0.3 is 0 Å². The van der Waals surface area contributed by atoms with Crippen molar-refractivity contribution in [2.45, 2.75) is 0 Å². The number of carbonyl (C=O) groups excluding carboxylic acids is 2. The number of amides is 2. The zero-order valence-corrected chi connectivity index (χ0v) is 12.5. The third-order valence-electron chi connectivity index (χ3n) is 3.23. The van der Waals surface area contributed by atoms with Gasteiger partial charge in [0, 0.05) is 29.2 Å². The van der Waals surface area contributed by atoms with Gasteiger partial charge in [0.25, 0.3) is 5.91 Å². The van der Waals surface area contributed by atoms with E-state index in [1.54, 1.807) is 42.9 Å². The molecule has 7 nitrogen and oxygen atoms in total. The van der Waals surface area contributed by atoms with Gasteiger partial charge in [-0.25, -0.2) is 4.98 Å². The number of nitrogens with zero attached hydrogens (tertiary/aromatic N) is 3. The van der Waals surface area contributed by atoms with Crippen LogP contribution in [0, 0.1) is 0 Å². The normalized spacial score (nSPS) is 10.2. The second-order valence-electron chi connectivity index (χ2n) is 4.93. The number of rotatable bonds is 4. The molecule has 1 aromatic carbocycles. The third-order valence-corrected chi connectivity index (χ3v) is 3.23. The van der Waals surface area contributed by atoms with E-state index in [2.05, 4.69) is 20.3 Å². The van der Waals surface area contributed by atoms with Gasteiger partial charge in [-0.3, -0.25) is 19.6 Å². The Morgan fingerprint density at radius 1 is 1.00 bits per heavy atom. The van der Waals surface area contributed by atoms with Crippen molar-refractivity contribution in [2.24, 2.45) is 5.73 Å². The lowest BCUT2D eigenvalue weighted by atomic mass is 10.2. The van der Waals surface area contributed by atoms with E-state index in [-0.39, 0.29) is 5.69 Å². The van der Waals surface area contributed by atoms with Crippen LogP contribution in [0.2, 0.25) is 0 Å². The van der Waals surface area contributed by atoms with Crippen molar-refractivity contribution in [1.29, 1.82) is 0 Å². The van der Waals surface area contributed by atoms with Crippen LogP contribution in [0.1, 0.15) is 20.8 Å². The van der Waals surface area contributed by atoms with E-state index in [4.69, 9.17) is 5.73 Å². The summed E-state index contributed by atoms with van der Waals surface area (Å²) in [5, 5.41) is 2.67. The Balaban J connectivity index is 1.83. The van der Waals surface area contributed by atoms with Crippen molar-refractivity contribution in [3.8, 4) is 11.3 Å². The fraction of sp³-hybridized carbons (Fsp3) is 0. The lowest BCUT2D eigenvalue weighted by Crippen LogP contribution is -2.16. The number of benzene rings is 1. The molecule has 0 unspecified atom stereocenters. The number of hydrogen-bond donors (Lipinski definition) is 2. The predicted octanol–water partition coefficient (Wildman–Crippen LogP) is 1.89. The van der Waals surface area contributed by atoms with Gasteiger partial charge in [-0.05, 0) is 30.3 Å². The van der Waals surface area contributed by atoms with Gasteiger partial charge in [-0.2, -0.15) is 0 Å². The molecule has 2 aromatic heterocycles. The first kappa shape index (κ1) is 15.3. The topological polar surface area (TPSA) is 111 Å².